The average Bonchev–Trinajstić information content (AvgIpc) is 2.49. The lowest BCUT2D eigenvalue weighted by Crippen LogP contribution is -2.63. The highest BCUT2D eigenvalue weighted by molar-refractivity contribution is 6.02. The highest BCUT2D eigenvalue weighted by atomic mass is 16.6. The number of aliphatic carboxylic acids is 2. The Morgan fingerprint density at radius 1 is 1.17 bits per heavy atom. The van der Waals surface area contributed by atoms with E-state index in [2.05, 4.69) is 0 Å². The van der Waals surface area contributed by atoms with Gasteiger partial charge in [0.15, 0.2) is 5.57 Å². The van der Waals surface area contributed by atoms with E-state index in [1.807, 2.05) is 0 Å². The number of hydrogen-bond donors (Lipinski definition) is 2. The zero-order chi connectivity index (χ0) is 17.4. The number of carbonyl (C=O) groups is 2. The minimum absolute atomic E-state index is 0.0591. The summed E-state index contributed by atoms with van der Waals surface area (Å²) in [5.41, 5.74) is -3.01. The number of nitro groups is 1. The number of rotatable bonds is 4. The maximum atomic E-state index is 11.9. The summed E-state index contributed by atoms with van der Waals surface area (Å²) in [7, 11) is 0. The molecular formula is C15H14N2O6. The molecule has 0 fully saturated rings. The molecule has 0 aliphatic carbocycles. The van der Waals surface area contributed by atoms with Crippen molar-refractivity contribution in [3.63, 3.8) is 0 Å². The van der Waals surface area contributed by atoms with Crippen molar-refractivity contribution in [3.05, 3.63) is 63.4 Å². The van der Waals surface area contributed by atoms with Gasteiger partial charge in [-0.1, -0.05) is 18.2 Å². The second-order valence-electron chi connectivity index (χ2n) is 5.06. The van der Waals surface area contributed by atoms with Gasteiger partial charge in [-0.3, -0.25) is 15.0 Å². The van der Waals surface area contributed by atoms with Gasteiger partial charge in [0, 0.05) is 11.9 Å². The van der Waals surface area contributed by atoms with Crippen LogP contribution < -0.4 is 4.90 Å². The Morgan fingerprint density at radius 2 is 1.74 bits per heavy atom. The maximum Gasteiger partial charge on any atom is 0.429 e. The highest BCUT2D eigenvalue weighted by Gasteiger charge is 2.64. The van der Waals surface area contributed by atoms with Crippen LogP contribution in [0, 0.1) is 10.1 Å². The molecule has 0 saturated carbocycles. The molecule has 0 spiro atoms. The summed E-state index contributed by atoms with van der Waals surface area (Å²) in [6.45, 7) is 2.93. The van der Waals surface area contributed by atoms with E-state index in [0.29, 0.717) is 5.57 Å². The van der Waals surface area contributed by atoms with Crippen LogP contribution in [0.5, 0.6) is 0 Å². The molecule has 1 aliphatic heterocycles. The van der Waals surface area contributed by atoms with Crippen LogP contribution in [-0.2, 0) is 9.59 Å². The first kappa shape index (κ1) is 16.2. The number of para-hydroxylation sites is 1. The lowest BCUT2D eigenvalue weighted by molar-refractivity contribution is -0.541. The molecule has 1 heterocycles. The molecular weight excluding hydrogens is 304 g/mol. The van der Waals surface area contributed by atoms with Crippen LogP contribution in [0.25, 0.3) is 0 Å². The number of carboxylic acid groups (broad SMARTS) is 2. The van der Waals surface area contributed by atoms with Gasteiger partial charge < -0.3 is 10.2 Å². The number of allylic oxidation sites excluding steroid dienone is 2. The van der Waals surface area contributed by atoms with Crippen LogP contribution in [0.3, 0.4) is 0 Å². The summed E-state index contributed by atoms with van der Waals surface area (Å²) in [5, 5.41) is 30.8. The first-order valence-corrected chi connectivity index (χ1v) is 6.60. The standard InChI is InChI=1S/C15H14N2O6/c1-9-8-16(11-6-4-3-5-7-11)15(14(20)21,17(22)23)12(10(9)2)13(18)19/h3-8H,1-2H3,(H,18,19)(H,20,21). The van der Waals surface area contributed by atoms with E-state index in [0.717, 1.165) is 4.90 Å². The van der Waals surface area contributed by atoms with Gasteiger partial charge in [-0.05, 0) is 37.1 Å². The van der Waals surface area contributed by atoms with Crippen molar-refractivity contribution in [3.8, 4) is 0 Å². The fraction of sp³-hybridized carbons (Fsp3) is 0.200. The van der Waals surface area contributed by atoms with Crippen LogP contribution >= 0.6 is 0 Å². The van der Waals surface area contributed by atoms with Gasteiger partial charge in [0.2, 0.25) is 0 Å². The predicted molar refractivity (Wildman–Crippen MR) is 80.4 cm³/mol. The normalized spacial score (nSPS) is 21.0. The topological polar surface area (TPSA) is 121 Å². The first-order valence-electron chi connectivity index (χ1n) is 6.60. The molecule has 0 radical (unpaired) electrons. The number of anilines is 1. The largest absolute Gasteiger partial charge is 0.478 e. The monoisotopic (exact) mass is 318 g/mol. The third-order valence-corrected chi connectivity index (χ3v) is 3.80. The van der Waals surface area contributed by atoms with Crippen LogP contribution in [0.2, 0.25) is 0 Å². The van der Waals surface area contributed by atoms with E-state index in [1.165, 1.54) is 25.3 Å². The van der Waals surface area contributed by atoms with Gasteiger partial charge in [0.05, 0.1) is 4.92 Å². The summed E-state index contributed by atoms with van der Waals surface area (Å²) < 4.78 is 0. The van der Waals surface area contributed by atoms with E-state index >= 15 is 0 Å². The minimum Gasteiger partial charge on any atom is -0.478 e. The molecule has 2 rings (SSSR count). The Kier molecular flexibility index (Phi) is 3.92. The Bertz CT molecular complexity index is 736. The molecule has 8 nitrogen and oxygen atoms in total. The number of carboxylic acids is 2. The van der Waals surface area contributed by atoms with E-state index < -0.39 is 28.1 Å². The SMILES string of the molecule is CC1=CN(c2ccccc2)C(C(=O)O)([N+](=O)[O-])C(C(=O)O)=C1C. The van der Waals surface area contributed by atoms with E-state index in [1.54, 1.807) is 25.1 Å². The highest BCUT2D eigenvalue weighted by Crippen LogP contribution is 2.39. The van der Waals surface area contributed by atoms with Gasteiger partial charge in [-0.25, -0.2) is 9.59 Å². The average molecular weight is 318 g/mol. The fourth-order valence-corrected chi connectivity index (χ4v) is 2.59. The summed E-state index contributed by atoms with van der Waals surface area (Å²) >= 11 is 0. The Labute approximate surface area is 131 Å². The van der Waals surface area contributed by atoms with Crippen molar-refractivity contribution in [1.82, 2.24) is 0 Å². The first-order chi connectivity index (χ1) is 10.7. The summed E-state index contributed by atoms with van der Waals surface area (Å²) in [5.74, 6) is -3.51. The van der Waals surface area contributed by atoms with Crippen LogP contribution in [-0.4, -0.2) is 32.7 Å². The third kappa shape index (κ3) is 2.24. The molecule has 1 aromatic rings. The number of hydrogen-bond acceptors (Lipinski definition) is 5. The minimum atomic E-state index is -2.93. The molecule has 1 aliphatic rings. The van der Waals surface area contributed by atoms with Gasteiger partial charge in [0.25, 0.3) is 0 Å². The maximum absolute atomic E-state index is 11.9. The fourth-order valence-electron chi connectivity index (χ4n) is 2.59. The molecule has 0 aromatic heterocycles. The number of benzene rings is 1. The van der Waals surface area contributed by atoms with Crippen LogP contribution in [0.15, 0.2) is 53.3 Å². The molecule has 1 unspecified atom stereocenters. The molecule has 120 valence electrons. The van der Waals surface area contributed by atoms with Crippen molar-refractivity contribution in [2.45, 2.75) is 19.5 Å². The molecule has 8 heteroatoms. The number of nitrogens with zero attached hydrogens (tertiary/aromatic N) is 2. The Morgan fingerprint density at radius 3 is 2.17 bits per heavy atom. The summed E-state index contributed by atoms with van der Waals surface area (Å²) in [6.07, 6.45) is 1.29. The van der Waals surface area contributed by atoms with Crippen molar-refractivity contribution in [2.75, 3.05) is 4.90 Å². The molecule has 0 saturated heterocycles. The molecule has 2 N–H and O–H groups in total. The van der Waals surface area contributed by atoms with Crippen LogP contribution in [0.4, 0.5) is 5.69 Å². The summed E-state index contributed by atoms with van der Waals surface area (Å²) in [4.78, 5) is 35.0. The summed E-state index contributed by atoms with van der Waals surface area (Å²) in [6, 6.07) is 7.78. The van der Waals surface area contributed by atoms with Gasteiger partial charge in [-0.15, -0.1) is 0 Å². The zero-order valence-electron chi connectivity index (χ0n) is 12.4. The van der Waals surface area contributed by atoms with E-state index in [9.17, 15) is 29.9 Å². The molecule has 1 aromatic carbocycles. The van der Waals surface area contributed by atoms with E-state index in [4.69, 9.17) is 0 Å². The third-order valence-electron chi connectivity index (χ3n) is 3.80. The molecule has 0 bridgehead atoms. The van der Waals surface area contributed by atoms with Crippen molar-refractivity contribution < 1.29 is 24.7 Å². The molecule has 23 heavy (non-hydrogen) atoms. The Balaban J connectivity index is 2.88. The van der Waals surface area contributed by atoms with Gasteiger partial charge >= 0.3 is 17.6 Å². The van der Waals surface area contributed by atoms with Crippen LogP contribution in [0.1, 0.15) is 13.8 Å². The molecule has 1 atom stereocenters. The second kappa shape index (κ2) is 5.56. The zero-order valence-corrected chi connectivity index (χ0v) is 12.4. The van der Waals surface area contributed by atoms with Gasteiger partial charge in [-0.2, -0.15) is 0 Å². The van der Waals surface area contributed by atoms with Crippen molar-refractivity contribution in [1.29, 1.82) is 0 Å². The quantitative estimate of drug-likeness (QED) is 0.642. The van der Waals surface area contributed by atoms with E-state index in [-0.39, 0.29) is 11.3 Å². The van der Waals surface area contributed by atoms with Gasteiger partial charge in [0.1, 0.15) is 0 Å². The lowest BCUT2D eigenvalue weighted by atomic mass is 9.87. The van der Waals surface area contributed by atoms with Crippen molar-refractivity contribution in [2.24, 2.45) is 0 Å². The second-order valence-corrected chi connectivity index (χ2v) is 5.06. The Hall–Kier alpha value is -3.16. The molecule has 0 amide bonds. The lowest BCUT2D eigenvalue weighted by Gasteiger charge is -2.36. The van der Waals surface area contributed by atoms with Crippen molar-refractivity contribution >= 4 is 17.6 Å². The smallest absolute Gasteiger partial charge is 0.429 e. The predicted octanol–water partition coefficient (Wildman–Crippen LogP) is 1.87.